The normalized spacial score (nSPS) is 11.7. The molecular formula is C17H15O8P. The summed E-state index contributed by atoms with van der Waals surface area (Å²) in [6, 6.07) is 8.32. The van der Waals surface area contributed by atoms with Crippen molar-refractivity contribution in [3.05, 3.63) is 52.2 Å². The highest BCUT2D eigenvalue weighted by Crippen LogP contribution is 2.38. The van der Waals surface area contributed by atoms with Gasteiger partial charge in [-0.3, -0.25) is 9.36 Å². The first-order chi connectivity index (χ1) is 12.2. The van der Waals surface area contributed by atoms with Crippen LogP contribution in [0.5, 0.6) is 17.2 Å². The number of phenolic OH excluding ortho intramolecular Hbond substituents is 2. The predicted octanol–water partition coefficient (Wildman–Crippen LogP) is 2.69. The molecule has 0 unspecified atom stereocenters. The summed E-state index contributed by atoms with van der Waals surface area (Å²) < 4.78 is 21.9. The Kier molecular flexibility index (Phi) is 4.50. The van der Waals surface area contributed by atoms with Crippen LogP contribution in [0.4, 0.5) is 0 Å². The minimum atomic E-state index is -4.54. The number of aromatic hydroxyl groups is 2. The van der Waals surface area contributed by atoms with E-state index in [1.807, 2.05) is 0 Å². The lowest BCUT2D eigenvalue weighted by Crippen LogP contribution is -2.11. The first-order valence-electron chi connectivity index (χ1n) is 7.43. The van der Waals surface area contributed by atoms with Crippen LogP contribution >= 0.6 is 7.60 Å². The molecule has 0 aliphatic heterocycles. The van der Waals surface area contributed by atoms with E-state index in [1.54, 1.807) is 19.1 Å². The number of ether oxygens (including phenoxy) is 1. The highest BCUT2D eigenvalue weighted by molar-refractivity contribution is 7.51. The van der Waals surface area contributed by atoms with Crippen LogP contribution in [0, 0.1) is 6.92 Å². The topological polar surface area (TPSA) is 137 Å². The molecule has 3 rings (SSSR count). The molecule has 0 aliphatic carbocycles. The Hall–Kier alpha value is -2.80. The maximum atomic E-state index is 12.7. The Morgan fingerprint density at radius 2 is 1.85 bits per heavy atom. The van der Waals surface area contributed by atoms with Gasteiger partial charge < -0.3 is 29.2 Å². The molecule has 0 amide bonds. The Bertz CT molecular complexity index is 1100. The van der Waals surface area contributed by atoms with Gasteiger partial charge in [-0.1, -0.05) is 12.1 Å². The summed E-state index contributed by atoms with van der Waals surface area (Å²) in [5, 5.41) is 19.6. The molecule has 8 nitrogen and oxygen atoms in total. The van der Waals surface area contributed by atoms with Crippen molar-refractivity contribution in [2.24, 2.45) is 0 Å². The van der Waals surface area contributed by atoms with Gasteiger partial charge in [0.1, 0.15) is 17.1 Å². The fourth-order valence-corrected chi connectivity index (χ4v) is 2.68. The van der Waals surface area contributed by atoms with E-state index in [-0.39, 0.29) is 33.8 Å². The lowest BCUT2D eigenvalue weighted by Gasteiger charge is -2.13. The smallest absolute Gasteiger partial charge is 0.362 e. The van der Waals surface area contributed by atoms with E-state index in [1.165, 1.54) is 24.3 Å². The molecule has 0 saturated carbocycles. The average molecular weight is 378 g/mol. The van der Waals surface area contributed by atoms with Crippen molar-refractivity contribution in [2.45, 2.75) is 6.92 Å². The second-order valence-corrected chi connectivity index (χ2v) is 7.30. The van der Waals surface area contributed by atoms with E-state index in [4.69, 9.17) is 18.9 Å². The number of fused-ring (bicyclic) bond motifs is 1. The summed E-state index contributed by atoms with van der Waals surface area (Å²) in [6.07, 6.45) is -1.01. The largest absolute Gasteiger partial charge is 0.508 e. The monoisotopic (exact) mass is 378 g/mol. The third-order valence-electron chi connectivity index (χ3n) is 3.68. The molecule has 2 aromatic carbocycles. The Balaban J connectivity index is 2.28. The third kappa shape index (κ3) is 3.57. The predicted molar refractivity (Wildman–Crippen MR) is 93.5 cm³/mol. The zero-order valence-corrected chi connectivity index (χ0v) is 14.4. The second-order valence-electron chi connectivity index (χ2n) is 5.71. The molecular weight excluding hydrogens is 363 g/mol. The van der Waals surface area contributed by atoms with Gasteiger partial charge >= 0.3 is 7.60 Å². The molecule has 0 spiro atoms. The number of rotatable bonds is 4. The van der Waals surface area contributed by atoms with Crippen molar-refractivity contribution in [1.82, 2.24) is 0 Å². The minimum Gasteiger partial charge on any atom is -0.508 e. The van der Waals surface area contributed by atoms with Crippen LogP contribution in [0.15, 0.2) is 45.6 Å². The maximum Gasteiger partial charge on any atom is 0.362 e. The summed E-state index contributed by atoms with van der Waals surface area (Å²) in [5.41, 5.74) is 0.270. The van der Waals surface area contributed by atoms with Crippen LogP contribution < -0.4 is 10.2 Å². The molecule has 3 aromatic rings. The Labute approximate surface area is 147 Å². The van der Waals surface area contributed by atoms with Crippen molar-refractivity contribution in [3.63, 3.8) is 0 Å². The molecule has 4 N–H and O–H groups in total. The summed E-state index contributed by atoms with van der Waals surface area (Å²) in [6.45, 7) is 1.68. The van der Waals surface area contributed by atoms with E-state index in [2.05, 4.69) is 0 Å². The molecule has 0 saturated heterocycles. The number of phenols is 2. The molecule has 0 atom stereocenters. The third-order valence-corrected chi connectivity index (χ3v) is 4.15. The van der Waals surface area contributed by atoms with Gasteiger partial charge in [0, 0.05) is 11.6 Å². The standard InChI is InChI=1S/C17H15O8P/c1-9-2-3-10(6-13(9)19)16-17(24-8-26(21,22)23)15(20)12-5-4-11(18)7-14(12)25-16/h2-7,18-19H,8H2,1H3,(H2,21,22,23). The van der Waals surface area contributed by atoms with E-state index in [0.29, 0.717) is 5.56 Å². The molecule has 136 valence electrons. The van der Waals surface area contributed by atoms with E-state index in [0.717, 1.165) is 0 Å². The van der Waals surface area contributed by atoms with Crippen LogP contribution in [0.2, 0.25) is 0 Å². The van der Waals surface area contributed by atoms with Crippen LogP contribution in [-0.2, 0) is 4.57 Å². The van der Waals surface area contributed by atoms with Crippen LogP contribution in [-0.4, -0.2) is 26.3 Å². The van der Waals surface area contributed by atoms with Crippen LogP contribution in [0.25, 0.3) is 22.3 Å². The van der Waals surface area contributed by atoms with Gasteiger partial charge in [0.05, 0.1) is 5.39 Å². The quantitative estimate of drug-likeness (QED) is 0.509. The number of hydrogen-bond acceptors (Lipinski definition) is 6. The van der Waals surface area contributed by atoms with Crippen molar-refractivity contribution in [2.75, 3.05) is 6.35 Å². The van der Waals surface area contributed by atoms with Crippen molar-refractivity contribution in [1.29, 1.82) is 0 Å². The molecule has 0 bridgehead atoms. The maximum absolute atomic E-state index is 12.7. The fourth-order valence-electron chi connectivity index (χ4n) is 2.39. The molecule has 9 heteroatoms. The Morgan fingerprint density at radius 3 is 2.50 bits per heavy atom. The van der Waals surface area contributed by atoms with Crippen molar-refractivity contribution in [3.8, 4) is 28.6 Å². The van der Waals surface area contributed by atoms with Crippen LogP contribution in [0.1, 0.15) is 5.56 Å². The van der Waals surface area contributed by atoms with Gasteiger partial charge in [-0.15, -0.1) is 0 Å². The van der Waals surface area contributed by atoms with Gasteiger partial charge in [-0.25, -0.2) is 0 Å². The van der Waals surface area contributed by atoms with E-state index >= 15 is 0 Å². The summed E-state index contributed by atoms with van der Waals surface area (Å²) >= 11 is 0. The lowest BCUT2D eigenvalue weighted by molar-refractivity contribution is 0.296. The number of aryl methyl sites for hydroxylation is 1. The molecule has 1 heterocycles. The van der Waals surface area contributed by atoms with Crippen LogP contribution in [0.3, 0.4) is 0 Å². The highest BCUT2D eigenvalue weighted by Gasteiger charge is 2.22. The van der Waals surface area contributed by atoms with Gasteiger partial charge in [0.15, 0.2) is 12.1 Å². The highest BCUT2D eigenvalue weighted by atomic mass is 31.2. The van der Waals surface area contributed by atoms with Gasteiger partial charge in [0.25, 0.3) is 0 Å². The Morgan fingerprint density at radius 1 is 1.12 bits per heavy atom. The van der Waals surface area contributed by atoms with Gasteiger partial charge in [-0.2, -0.15) is 0 Å². The lowest BCUT2D eigenvalue weighted by atomic mass is 10.1. The van der Waals surface area contributed by atoms with Crippen molar-refractivity contribution < 1.29 is 33.7 Å². The zero-order chi connectivity index (χ0) is 19.1. The van der Waals surface area contributed by atoms with Gasteiger partial charge in [-0.05, 0) is 30.7 Å². The van der Waals surface area contributed by atoms with E-state index in [9.17, 15) is 19.6 Å². The van der Waals surface area contributed by atoms with Gasteiger partial charge in [0.2, 0.25) is 11.2 Å². The summed E-state index contributed by atoms with van der Waals surface area (Å²) in [4.78, 5) is 30.8. The number of hydrogen-bond donors (Lipinski definition) is 4. The SMILES string of the molecule is Cc1ccc(-c2oc3cc(O)ccc3c(=O)c2OCP(=O)(O)O)cc1O. The fraction of sp³-hybridized carbons (Fsp3) is 0.118. The number of benzene rings is 2. The average Bonchev–Trinajstić information content (AvgIpc) is 2.55. The first-order valence-corrected chi connectivity index (χ1v) is 9.22. The molecule has 0 aliphatic rings. The minimum absolute atomic E-state index is 0.0536. The molecule has 0 radical (unpaired) electrons. The van der Waals surface area contributed by atoms with E-state index < -0.39 is 25.1 Å². The second kappa shape index (κ2) is 6.49. The summed E-state index contributed by atoms with van der Waals surface area (Å²) in [7, 11) is -4.54. The first kappa shape index (κ1) is 18.0. The molecule has 0 fully saturated rings. The molecule has 1 aromatic heterocycles. The summed E-state index contributed by atoms with van der Waals surface area (Å²) in [5.74, 6) is -0.684. The molecule has 26 heavy (non-hydrogen) atoms. The zero-order valence-electron chi connectivity index (χ0n) is 13.5. The van der Waals surface area contributed by atoms with Crippen molar-refractivity contribution >= 4 is 18.6 Å².